The molecule has 1 amide bonds. The third kappa shape index (κ3) is 4.50. The minimum atomic E-state index is -0.253. The van der Waals surface area contributed by atoms with Crippen molar-refractivity contribution in [2.24, 2.45) is 0 Å². The molecule has 0 aliphatic rings. The Balaban J connectivity index is 1.60. The first-order chi connectivity index (χ1) is 12.0. The van der Waals surface area contributed by atoms with Crippen LogP contribution in [0, 0.1) is 6.92 Å². The van der Waals surface area contributed by atoms with E-state index in [1.165, 1.54) is 11.8 Å². The number of pyridine rings is 1. The van der Waals surface area contributed by atoms with Crippen LogP contribution in [0.1, 0.15) is 5.69 Å². The highest BCUT2D eigenvalue weighted by molar-refractivity contribution is 7.99. The first-order valence-electron chi connectivity index (χ1n) is 7.25. The van der Waals surface area contributed by atoms with Crippen LogP contribution in [-0.2, 0) is 4.79 Å². The lowest BCUT2D eigenvalue weighted by Crippen LogP contribution is -2.16. The summed E-state index contributed by atoms with van der Waals surface area (Å²) in [6.07, 6.45) is 1.61. The lowest BCUT2D eigenvalue weighted by atomic mass is 10.3. The maximum Gasteiger partial charge on any atom is 0.236 e. The van der Waals surface area contributed by atoms with Gasteiger partial charge in [-0.15, -0.1) is 5.10 Å². The van der Waals surface area contributed by atoms with E-state index in [0.717, 1.165) is 5.69 Å². The quantitative estimate of drug-likeness (QED) is 0.662. The molecule has 0 fully saturated rings. The normalized spacial score (nSPS) is 10.7. The Labute approximate surface area is 158 Å². The van der Waals surface area contributed by atoms with Gasteiger partial charge in [-0.1, -0.05) is 53.2 Å². The van der Waals surface area contributed by atoms with E-state index >= 15 is 0 Å². The fraction of sp³-hybridized carbons (Fsp3) is 0.125. The zero-order chi connectivity index (χ0) is 17.8. The molecule has 3 aromatic rings. The van der Waals surface area contributed by atoms with E-state index in [1.807, 2.05) is 30.3 Å². The Morgan fingerprint density at radius 1 is 1.24 bits per heavy atom. The van der Waals surface area contributed by atoms with Crippen molar-refractivity contribution >= 4 is 46.7 Å². The first-order valence-corrected chi connectivity index (χ1v) is 8.99. The highest BCUT2D eigenvalue weighted by atomic mass is 35.5. The van der Waals surface area contributed by atoms with Gasteiger partial charge < -0.3 is 5.32 Å². The number of carbonyl (C=O) groups excluding carboxylic acids is 1. The van der Waals surface area contributed by atoms with Gasteiger partial charge in [0.25, 0.3) is 0 Å². The standard InChI is InChI=1S/C16H13Cl2N5OS/c1-10-12(17)7-13(18)15(20-10)21-14(24)8-25-16-19-9-23(22-16)11-5-3-2-4-6-11/h2-7,9H,8H2,1H3,(H,20,21,24). The number of nitrogens with one attached hydrogen (secondary N) is 1. The highest BCUT2D eigenvalue weighted by Gasteiger charge is 2.12. The van der Waals surface area contributed by atoms with E-state index in [1.54, 1.807) is 24.0 Å². The van der Waals surface area contributed by atoms with Gasteiger partial charge >= 0.3 is 0 Å². The third-order valence-electron chi connectivity index (χ3n) is 3.19. The number of rotatable bonds is 5. The van der Waals surface area contributed by atoms with Crippen molar-refractivity contribution in [2.45, 2.75) is 12.1 Å². The van der Waals surface area contributed by atoms with Crippen molar-refractivity contribution in [1.82, 2.24) is 19.7 Å². The molecule has 0 unspecified atom stereocenters. The fourth-order valence-corrected chi connectivity index (χ4v) is 2.97. The SMILES string of the molecule is Cc1nc(NC(=O)CSc2ncn(-c3ccccc3)n2)c(Cl)cc1Cl. The van der Waals surface area contributed by atoms with Crippen LogP contribution < -0.4 is 5.32 Å². The summed E-state index contributed by atoms with van der Waals surface area (Å²) in [7, 11) is 0. The average molecular weight is 394 g/mol. The number of aryl methyl sites for hydroxylation is 1. The molecule has 1 aromatic carbocycles. The predicted molar refractivity (Wildman–Crippen MR) is 99.7 cm³/mol. The van der Waals surface area contributed by atoms with Gasteiger partial charge in [0.1, 0.15) is 6.33 Å². The number of para-hydroxylation sites is 1. The second-order valence-corrected chi connectivity index (χ2v) is 6.79. The van der Waals surface area contributed by atoms with Crippen molar-refractivity contribution in [3.63, 3.8) is 0 Å². The van der Waals surface area contributed by atoms with Gasteiger partial charge in [-0.25, -0.2) is 14.6 Å². The summed E-state index contributed by atoms with van der Waals surface area (Å²) in [5.74, 6) is 0.174. The molecule has 9 heteroatoms. The maximum atomic E-state index is 12.1. The Morgan fingerprint density at radius 3 is 2.76 bits per heavy atom. The van der Waals surface area contributed by atoms with Crippen LogP contribution in [-0.4, -0.2) is 31.4 Å². The molecule has 2 heterocycles. The Morgan fingerprint density at radius 2 is 2.00 bits per heavy atom. The van der Waals surface area contributed by atoms with Crippen molar-refractivity contribution in [3.05, 3.63) is 58.5 Å². The number of amides is 1. The average Bonchev–Trinajstić information content (AvgIpc) is 3.08. The van der Waals surface area contributed by atoms with E-state index < -0.39 is 0 Å². The van der Waals surface area contributed by atoms with Crippen LogP contribution in [0.3, 0.4) is 0 Å². The van der Waals surface area contributed by atoms with E-state index in [2.05, 4.69) is 20.4 Å². The van der Waals surface area contributed by atoms with E-state index in [9.17, 15) is 4.79 Å². The van der Waals surface area contributed by atoms with E-state index in [0.29, 0.717) is 20.9 Å². The van der Waals surface area contributed by atoms with Crippen molar-refractivity contribution in [3.8, 4) is 5.69 Å². The van der Waals surface area contributed by atoms with Gasteiger partial charge in [-0.3, -0.25) is 4.79 Å². The minimum absolute atomic E-state index is 0.137. The molecule has 0 aliphatic heterocycles. The molecule has 128 valence electrons. The lowest BCUT2D eigenvalue weighted by Gasteiger charge is -2.07. The predicted octanol–water partition coefficient (Wildman–Crippen LogP) is 4.01. The summed E-state index contributed by atoms with van der Waals surface area (Å²) in [4.78, 5) is 20.4. The van der Waals surface area contributed by atoms with Crippen molar-refractivity contribution in [1.29, 1.82) is 0 Å². The number of aromatic nitrogens is 4. The van der Waals surface area contributed by atoms with Crippen LogP contribution in [0.15, 0.2) is 47.9 Å². The summed E-state index contributed by atoms with van der Waals surface area (Å²) >= 11 is 13.2. The number of benzene rings is 1. The van der Waals surface area contributed by atoms with E-state index in [4.69, 9.17) is 23.2 Å². The third-order valence-corrected chi connectivity index (χ3v) is 4.71. The summed E-state index contributed by atoms with van der Waals surface area (Å²) in [6, 6.07) is 11.2. The van der Waals surface area contributed by atoms with Gasteiger partial charge in [0.05, 0.1) is 27.2 Å². The van der Waals surface area contributed by atoms with Gasteiger partial charge in [0.2, 0.25) is 11.1 Å². The molecular weight excluding hydrogens is 381 g/mol. The molecule has 0 radical (unpaired) electrons. The molecule has 0 bridgehead atoms. The summed E-state index contributed by atoms with van der Waals surface area (Å²) in [5, 5.41) is 8.24. The molecule has 1 N–H and O–H groups in total. The minimum Gasteiger partial charge on any atom is -0.309 e. The Kier molecular flexibility index (Phi) is 5.57. The van der Waals surface area contributed by atoms with Gasteiger partial charge in [-0.05, 0) is 25.1 Å². The lowest BCUT2D eigenvalue weighted by molar-refractivity contribution is -0.113. The van der Waals surface area contributed by atoms with Crippen LogP contribution in [0.2, 0.25) is 10.0 Å². The monoisotopic (exact) mass is 393 g/mol. The van der Waals surface area contributed by atoms with Crippen LogP contribution in [0.4, 0.5) is 5.82 Å². The Hall–Kier alpha value is -2.09. The number of nitrogens with zero attached hydrogens (tertiary/aromatic N) is 4. The van der Waals surface area contributed by atoms with Crippen molar-refractivity contribution < 1.29 is 4.79 Å². The maximum absolute atomic E-state index is 12.1. The summed E-state index contributed by atoms with van der Waals surface area (Å²) in [5.41, 5.74) is 1.50. The second-order valence-electron chi connectivity index (χ2n) is 5.03. The molecule has 0 aliphatic carbocycles. The largest absolute Gasteiger partial charge is 0.309 e. The fourth-order valence-electron chi connectivity index (χ4n) is 1.96. The van der Waals surface area contributed by atoms with Crippen LogP contribution in [0.5, 0.6) is 0 Å². The molecule has 2 aromatic heterocycles. The zero-order valence-electron chi connectivity index (χ0n) is 13.1. The number of anilines is 1. The smallest absolute Gasteiger partial charge is 0.236 e. The number of halogens is 2. The zero-order valence-corrected chi connectivity index (χ0v) is 15.4. The number of carbonyl (C=O) groups is 1. The van der Waals surface area contributed by atoms with Gasteiger partial charge in [-0.2, -0.15) is 0 Å². The number of thioether (sulfide) groups is 1. The van der Waals surface area contributed by atoms with Crippen LogP contribution in [0.25, 0.3) is 5.69 Å². The van der Waals surface area contributed by atoms with Crippen molar-refractivity contribution in [2.75, 3.05) is 11.1 Å². The molecular formula is C16H13Cl2N5OS. The first kappa shape index (κ1) is 17.7. The molecule has 0 atom stereocenters. The summed E-state index contributed by atoms with van der Waals surface area (Å²) in [6.45, 7) is 1.74. The van der Waals surface area contributed by atoms with Gasteiger partial charge in [0.15, 0.2) is 5.82 Å². The second kappa shape index (κ2) is 7.86. The van der Waals surface area contributed by atoms with Gasteiger partial charge in [0, 0.05) is 0 Å². The number of hydrogen-bond donors (Lipinski definition) is 1. The van der Waals surface area contributed by atoms with Crippen LogP contribution >= 0.6 is 35.0 Å². The molecule has 0 saturated carbocycles. The highest BCUT2D eigenvalue weighted by Crippen LogP contribution is 2.25. The topological polar surface area (TPSA) is 72.7 Å². The van der Waals surface area contributed by atoms with E-state index in [-0.39, 0.29) is 17.5 Å². The number of hydrogen-bond acceptors (Lipinski definition) is 5. The summed E-state index contributed by atoms with van der Waals surface area (Å²) < 4.78 is 1.65. The molecule has 25 heavy (non-hydrogen) atoms. The molecule has 0 saturated heterocycles. The molecule has 6 nitrogen and oxygen atoms in total. The molecule has 3 rings (SSSR count). The molecule has 0 spiro atoms. The Bertz CT molecular complexity index is 901.